The van der Waals surface area contributed by atoms with E-state index in [4.69, 9.17) is 9.47 Å². The summed E-state index contributed by atoms with van der Waals surface area (Å²) < 4.78 is 9.87. The fourth-order valence-electron chi connectivity index (χ4n) is 2.11. The Labute approximate surface area is 116 Å². The molecule has 0 saturated carbocycles. The number of esters is 2. The topological polar surface area (TPSA) is 69.7 Å². The normalized spacial score (nSPS) is 18.4. The largest absolute Gasteiger partial charge is 0.422 e. The van der Waals surface area contributed by atoms with Crippen LogP contribution in [-0.2, 0) is 30.3 Å². The number of ether oxygens (including phenoxy) is 2. The van der Waals surface area contributed by atoms with Crippen LogP contribution in [0, 0.1) is 12.8 Å². The van der Waals surface area contributed by atoms with E-state index in [0.29, 0.717) is 0 Å². The van der Waals surface area contributed by atoms with Gasteiger partial charge in [-0.15, -0.1) is 0 Å². The number of Topliss-reactive ketones (excluding diaryl/α,β-unsaturated/α-hetero) is 1. The Morgan fingerprint density at radius 1 is 1.20 bits per heavy atom. The molecule has 1 aliphatic heterocycles. The van der Waals surface area contributed by atoms with Crippen LogP contribution >= 0.6 is 0 Å². The van der Waals surface area contributed by atoms with E-state index >= 15 is 0 Å². The van der Waals surface area contributed by atoms with Gasteiger partial charge in [0.25, 0.3) is 5.79 Å². The number of aryl methyl sites for hydroxylation is 1. The maximum atomic E-state index is 12.1. The minimum absolute atomic E-state index is 0.00300. The Hall–Kier alpha value is -2.17. The molecule has 5 heteroatoms. The van der Waals surface area contributed by atoms with Gasteiger partial charge in [-0.1, -0.05) is 29.8 Å². The molecule has 0 aromatic heterocycles. The van der Waals surface area contributed by atoms with Crippen LogP contribution in [0.4, 0.5) is 0 Å². The number of carbonyl (C=O) groups excluding carboxylic acids is 3. The SMILES string of the molecule is Cc1cccc(CC(=O)C2C(=O)OC(C)(C)OC2=O)c1. The quantitative estimate of drug-likeness (QED) is 0.619. The number of ketones is 1. The molecule has 1 aliphatic rings. The monoisotopic (exact) mass is 276 g/mol. The smallest absolute Gasteiger partial charge is 0.331 e. The number of hydrogen-bond donors (Lipinski definition) is 0. The molecule has 1 fully saturated rings. The predicted molar refractivity (Wildman–Crippen MR) is 69.6 cm³/mol. The van der Waals surface area contributed by atoms with Crippen LogP contribution in [0.3, 0.4) is 0 Å². The zero-order valence-electron chi connectivity index (χ0n) is 11.6. The first-order chi connectivity index (χ1) is 9.28. The summed E-state index contributed by atoms with van der Waals surface area (Å²) in [7, 11) is 0. The molecule has 1 saturated heterocycles. The number of rotatable bonds is 3. The molecule has 2 rings (SSSR count). The minimum atomic E-state index is -1.48. The van der Waals surface area contributed by atoms with Gasteiger partial charge in [0.05, 0.1) is 0 Å². The molecule has 1 aromatic carbocycles. The number of cyclic esters (lactones) is 2. The van der Waals surface area contributed by atoms with Crippen molar-refractivity contribution < 1.29 is 23.9 Å². The van der Waals surface area contributed by atoms with Gasteiger partial charge in [0.1, 0.15) is 0 Å². The second-order valence-electron chi connectivity index (χ2n) is 5.31. The molecule has 0 spiro atoms. The number of hydrogen-bond acceptors (Lipinski definition) is 5. The van der Waals surface area contributed by atoms with Crippen molar-refractivity contribution in [2.75, 3.05) is 0 Å². The molecule has 0 bridgehead atoms. The molecule has 1 heterocycles. The lowest BCUT2D eigenvalue weighted by Gasteiger charge is -2.32. The molecule has 0 N–H and O–H groups in total. The van der Waals surface area contributed by atoms with Crippen molar-refractivity contribution in [1.82, 2.24) is 0 Å². The first kappa shape index (κ1) is 14.2. The van der Waals surface area contributed by atoms with E-state index in [1.807, 2.05) is 25.1 Å². The maximum absolute atomic E-state index is 12.1. The van der Waals surface area contributed by atoms with Gasteiger partial charge >= 0.3 is 11.9 Å². The van der Waals surface area contributed by atoms with E-state index in [0.717, 1.165) is 11.1 Å². The summed E-state index contributed by atoms with van der Waals surface area (Å²) in [5, 5.41) is 0. The number of benzene rings is 1. The molecule has 106 valence electrons. The van der Waals surface area contributed by atoms with Crippen molar-refractivity contribution in [3.05, 3.63) is 35.4 Å². The maximum Gasteiger partial charge on any atom is 0.331 e. The van der Waals surface area contributed by atoms with Gasteiger partial charge in [-0.2, -0.15) is 0 Å². The number of carbonyl (C=O) groups is 3. The molecule has 1 aromatic rings. The molecule has 0 aliphatic carbocycles. The summed E-state index contributed by atoms with van der Waals surface area (Å²) in [6.45, 7) is 4.80. The second kappa shape index (κ2) is 5.07. The minimum Gasteiger partial charge on any atom is -0.422 e. The van der Waals surface area contributed by atoms with Gasteiger partial charge in [-0.05, 0) is 12.5 Å². The van der Waals surface area contributed by atoms with Crippen LogP contribution in [0.25, 0.3) is 0 Å². The van der Waals surface area contributed by atoms with Crippen LogP contribution in [0.2, 0.25) is 0 Å². The Morgan fingerprint density at radius 2 is 1.80 bits per heavy atom. The van der Waals surface area contributed by atoms with E-state index in [9.17, 15) is 14.4 Å². The highest BCUT2D eigenvalue weighted by Crippen LogP contribution is 2.24. The van der Waals surface area contributed by atoms with E-state index in [1.54, 1.807) is 6.07 Å². The van der Waals surface area contributed by atoms with E-state index in [1.165, 1.54) is 13.8 Å². The van der Waals surface area contributed by atoms with Crippen molar-refractivity contribution in [3.63, 3.8) is 0 Å². The first-order valence-corrected chi connectivity index (χ1v) is 6.32. The summed E-state index contributed by atoms with van der Waals surface area (Å²) in [6, 6.07) is 7.33. The summed E-state index contributed by atoms with van der Waals surface area (Å²) in [6.07, 6.45) is -0.00300. The molecule has 20 heavy (non-hydrogen) atoms. The zero-order valence-corrected chi connectivity index (χ0v) is 11.6. The standard InChI is InChI=1S/C15H16O5/c1-9-5-4-6-10(7-9)8-11(16)12-13(17)19-15(2,3)20-14(12)18/h4-7,12H,8H2,1-3H3. The average Bonchev–Trinajstić information content (AvgIpc) is 2.25. The van der Waals surface area contributed by atoms with Gasteiger partial charge in [-0.3, -0.25) is 14.4 Å². The molecule has 0 radical (unpaired) electrons. The lowest BCUT2D eigenvalue weighted by Crippen LogP contribution is -2.49. The Kier molecular flexibility index (Phi) is 3.61. The van der Waals surface area contributed by atoms with E-state index in [2.05, 4.69) is 0 Å². The van der Waals surface area contributed by atoms with Crippen molar-refractivity contribution in [3.8, 4) is 0 Å². The molecular weight excluding hydrogens is 260 g/mol. The van der Waals surface area contributed by atoms with Crippen molar-refractivity contribution in [2.45, 2.75) is 33.0 Å². The summed E-state index contributed by atoms with van der Waals surface area (Å²) in [5.74, 6) is -4.99. The van der Waals surface area contributed by atoms with E-state index < -0.39 is 29.4 Å². The highest BCUT2D eigenvalue weighted by Gasteiger charge is 2.46. The lowest BCUT2D eigenvalue weighted by molar-refractivity contribution is -0.238. The molecular formula is C15H16O5. The van der Waals surface area contributed by atoms with Gasteiger partial charge in [-0.25, -0.2) is 0 Å². The van der Waals surface area contributed by atoms with E-state index in [-0.39, 0.29) is 6.42 Å². The van der Waals surface area contributed by atoms with Crippen LogP contribution < -0.4 is 0 Å². The summed E-state index contributed by atoms with van der Waals surface area (Å²) in [4.78, 5) is 35.7. The summed E-state index contributed by atoms with van der Waals surface area (Å²) in [5.41, 5.74) is 1.76. The first-order valence-electron chi connectivity index (χ1n) is 6.32. The van der Waals surface area contributed by atoms with Crippen molar-refractivity contribution in [1.29, 1.82) is 0 Å². The second-order valence-corrected chi connectivity index (χ2v) is 5.31. The van der Waals surface area contributed by atoms with Crippen LogP contribution in [0.5, 0.6) is 0 Å². The summed E-state index contributed by atoms with van der Waals surface area (Å²) >= 11 is 0. The highest BCUT2D eigenvalue weighted by molar-refractivity contribution is 6.16. The Bertz CT molecular complexity index is 553. The lowest BCUT2D eigenvalue weighted by atomic mass is 9.96. The molecule has 0 unspecified atom stereocenters. The van der Waals surface area contributed by atoms with Gasteiger partial charge in [0.15, 0.2) is 5.78 Å². The van der Waals surface area contributed by atoms with Crippen LogP contribution in [0.15, 0.2) is 24.3 Å². The highest BCUT2D eigenvalue weighted by atomic mass is 16.7. The molecule has 5 nitrogen and oxygen atoms in total. The van der Waals surface area contributed by atoms with Gasteiger partial charge in [0, 0.05) is 20.3 Å². The fraction of sp³-hybridized carbons (Fsp3) is 0.400. The average molecular weight is 276 g/mol. The third kappa shape index (κ3) is 3.04. The fourth-order valence-corrected chi connectivity index (χ4v) is 2.11. The van der Waals surface area contributed by atoms with Crippen LogP contribution in [0.1, 0.15) is 25.0 Å². The van der Waals surface area contributed by atoms with Crippen molar-refractivity contribution >= 4 is 17.7 Å². The van der Waals surface area contributed by atoms with Crippen molar-refractivity contribution in [2.24, 2.45) is 5.92 Å². The zero-order chi connectivity index (χ0) is 14.9. The van der Waals surface area contributed by atoms with Gasteiger partial charge < -0.3 is 9.47 Å². The Morgan fingerprint density at radius 3 is 2.35 bits per heavy atom. The third-order valence-corrected chi connectivity index (χ3v) is 2.95. The molecule has 0 atom stereocenters. The van der Waals surface area contributed by atoms with Gasteiger partial charge in [0.2, 0.25) is 5.92 Å². The third-order valence-electron chi connectivity index (χ3n) is 2.95. The molecule has 0 amide bonds. The van der Waals surface area contributed by atoms with Crippen LogP contribution in [-0.4, -0.2) is 23.5 Å². The Balaban J connectivity index is 2.13. The predicted octanol–water partition coefficient (Wildman–Crippen LogP) is 1.56.